The van der Waals surface area contributed by atoms with E-state index in [2.05, 4.69) is 19.2 Å². The highest BCUT2D eigenvalue weighted by atomic mass is 35.5. The fourth-order valence-electron chi connectivity index (χ4n) is 2.13. The lowest BCUT2D eigenvalue weighted by molar-refractivity contribution is -0.145. The van der Waals surface area contributed by atoms with Gasteiger partial charge in [-0.3, -0.25) is 4.79 Å². The number of morpholine rings is 1. The minimum atomic E-state index is -0.271. The molecule has 0 bridgehead atoms. The third-order valence-corrected chi connectivity index (χ3v) is 4.24. The summed E-state index contributed by atoms with van der Waals surface area (Å²) in [6.45, 7) is 8.22. The monoisotopic (exact) mass is 280 g/mol. The lowest BCUT2D eigenvalue weighted by atomic mass is 10.1. The molecule has 17 heavy (non-hydrogen) atoms. The Labute approximate surface area is 113 Å². The third-order valence-electron chi connectivity index (χ3n) is 2.94. The Hall–Kier alpha value is 0.0300. The van der Waals surface area contributed by atoms with E-state index in [0.717, 1.165) is 25.4 Å². The van der Waals surface area contributed by atoms with Crippen LogP contribution in [0.4, 0.5) is 0 Å². The van der Waals surface area contributed by atoms with Crippen molar-refractivity contribution in [2.24, 2.45) is 0 Å². The highest BCUT2D eigenvalue weighted by Gasteiger charge is 2.33. The Morgan fingerprint density at radius 3 is 2.88 bits per heavy atom. The molecule has 0 aliphatic carbocycles. The fourth-order valence-corrected chi connectivity index (χ4v) is 3.24. The van der Waals surface area contributed by atoms with Gasteiger partial charge in [-0.15, -0.1) is 12.4 Å². The van der Waals surface area contributed by atoms with Crippen LogP contribution < -0.4 is 5.32 Å². The maximum absolute atomic E-state index is 12.2. The lowest BCUT2D eigenvalue weighted by Crippen LogP contribution is -2.54. The van der Waals surface area contributed by atoms with Crippen molar-refractivity contribution < 1.29 is 9.53 Å². The Balaban J connectivity index is 0.00000144. The average molecular weight is 281 g/mol. The number of ether oxygens (including phenoxy) is 1. The summed E-state index contributed by atoms with van der Waals surface area (Å²) in [6, 6.07) is 0. The number of halogens is 1. The number of hydrogen-bond acceptors (Lipinski definition) is 4. The number of rotatable bonds is 1. The first-order chi connectivity index (χ1) is 7.58. The van der Waals surface area contributed by atoms with E-state index in [1.165, 1.54) is 0 Å². The topological polar surface area (TPSA) is 41.6 Å². The summed E-state index contributed by atoms with van der Waals surface area (Å²) in [6.07, 6.45) is -0.271. The summed E-state index contributed by atoms with van der Waals surface area (Å²) in [5.41, 5.74) is 0. The molecule has 2 saturated heterocycles. The van der Waals surface area contributed by atoms with Gasteiger partial charge in [0.1, 0.15) is 6.10 Å². The number of nitrogens with zero attached hydrogens (tertiary/aromatic N) is 1. The maximum atomic E-state index is 12.2. The van der Waals surface area contributed by atoms with Crippen LogP contribution in [0.2, 0.25) is 0 Å². The molecule has 2 aliphatic rings. The van der Waals surface area contributed by atoms with E-state index in [-0.39, 0.29) is 29.2 Å². The minimum absolute atomic E-state index is 0. The molecule has 0 saturated carbocycles. The highest BCUT2D eigenvalue weighted by Crippen LogP contribution is 2.29. The van der Waals surface area contributed by atoms with Crippen LogP contribution in [0.5, 0.6) is 0 Å². The van der Waals surface area contributed by atoms with E-state index in [0.29, 0.717) is 13.2 Å². The van der Waals surface area contributed by atoms with Crippen molar-refractivity contribution in [1.82, 2.24) is 10.2 Å². The van der Waals surface area contributed by atoms with Crippen LogP contribution in [0.25, 0.3) is 0 Å². The van der Waals surface area contributed by atoms with Crippen molar-refractivity contribution in [3.8, 4) is 0 Å². The molecule has 0 aromatic carbocycles. The smallest absolute Gasteiger partial charge is 0.253 e. The molecule has 2 aliphatic heterocycles. The zero-order chi connectivity index (χ0) is 11.6. The number of thioether (sulfide) groups is 1. The lowest BCUT2D eigenvalue weighted by Gasteiger charge is -2.39. The Bertz CT molecular complexity index is 270. The fraction of sp³-hybridized carbons (Fsp3) is 0.909. The van der Waals surface area contributed by atoms with Gasteiger partial charge >= 0.3 is 0 Å². The normalized spacial score (nSPS) is 28.4. The van der Waals surface area contributed by atoms with E-state index in [1.807, 2.05) is 16.7 Å². The highest BCUT2D eigenvalue weighted by molar-refractivity contribution is 8.00. The van der Waals surface area contributed by atoms with Crippen LogP contribution in [0, 0.1) is 0 Å². The van der Waals surface area contributed by atoms with Gasteiger partial charge in [0.25, 0.3) is 5.91 Å². The largest absolute Gasteiger partial charge is 0.366 e. The molecule has 1 amide bonds. The second-order valence-corrected chi connectivity index (χ2v) is 6.73. The molecule has 1 N–H and O–H groups in total. The predicted octanol–water partition coefficient (Wildman–Crippen LogP) is 0.751. The SMILES string of the molecule is CC1(C)CN(C(=O)C2CNCCO2)CCS1.Cl. The summed E-state index contributed by atoms with van der Waals surface area (Å²) in [5.74, 6) is 1.18. The number of nitrogens with one attached hydrogen (secondary N) is 1. The zero-order valence-electron chi connectivity index (χ0n) is 10.4. The average Bonchev–Trinajstić information content (AvgIpc) is 2.28. The van der Waals surface area contributed by atoms with E-state index in [4.69, 9.17) is 4.74 Å². The molecule has 0 aromatic heterocycles. The third kappa shape index (κ3) is 4.02. The van der Waals surface area contributed by atoms with Gasteiger partial charge in [-0.05, 0) is 13.8 Å². The summed E-state index contributed by atoms with van der Waals surface area (Å²) in [4.78, 5) is 14.1. The zero-order valence-corrected chi connectivity index (χ0v) is 12.0. The van der Waals surface area contributed by atoms with Gasteiger partial charge in [0.05, 0.1) is 6.61 Å². The molecular formula is C11H21ClN2O2S. The summed E-state index contributed by atoms with van der Waals surface area (Å²) < 4.78 is 5.68. The molecular weight excluding hydrogens is 260 g/mol. The molecule has 6 heteroatoms. The molecule has 2 rings (SSSR count). The molecule has 0 aromatic rings. The molecule has 100 valence electrons. The Morgan fingerprint density at radius 1 is 1.53 bits per heavy atom. The molecule has 0 radical (unpaired) electrons. The molecule has 4 nitrogen and oxygen atoms in total. The Kier molecular flexibility index (Phi) is 5.57. The second kappa shape index (κ2) is 6.27. The minimum Gasteiger partial charge on any atom is -0.366 e. The first-order valence-corrected chi connectivity index (χ1v) is 6.82. The second-order valence-electron chi connectivity index (χ2n) is 4.93. The van der Waals surface area contributed by atoms with Gasteiger partial charge in [-0.25, -0.2) is 0 Å². The summed E-state index contributed by atoms with van der Waals surface area (Å²) in [7, 11) is 0. The van der Waals surface area contributed by atoms with Crippen molar-refractivity contribution in [1.29, 1.82) is 0 Å². The first-order valence-electron chi connectivity index (χ1n) is 5.83. The molecule has 1 unspecified atom stereocenters. The van der Waals surface area contributed by atoms with E-state index < -0.39 is 0 Å². The number of carbonyl (C=O) groups is 1. The summed E-state index contributed by atoms with van der Waals surface area (Å²) >= 11 is 1.94. The standard InChI is InChI=1S/C11H20N2O2S.ClH/c1-11(2)8-13(4-6-16-11)10(14)9-7-12-3-5-15-9;/h9,12H,3-8H2,1-2H3;1H. The molecule has 1 atom stereocenters. The molecule has 0 spiro atoms. The van der Waals surface area contributed by atoms with Crippen LogP contribution in [0.3, 0.4) is 0 Å². The van der Waals surface area contributed by atoms with Crippen molar-refractivity contribution in [2.45, 2.75) is 24.7 Å². The molecule has 2 fully saturated rings. The summed E-state index contributed by atoms with van der Waals surface area (Å²) in [5, 5.41) is 3.20. The van der Waals surface area contributed by atoms with Gasteiger partial charge in [0.15, 0.2) is 0 Å². The van der Waals surface area contributed by atoms with Gasteiger partial charge < -0.3 is 15.0 Å². The van der Waals surface area contributed by atoms with E-state index >= 15 is 0 Å². The predicted molar refractivity (Wildman–Crippen MR) is 73.0 cm³/mol. The van der Waals surface area contributed by atoms with Crippen molar-refractivity contribution >= 4 is 30.1 Å². The quantitative estimate of drug-likeness (QED) is 0.770. The van der Waals surface area contributed by atoms with Crippen molar-refractivity contribution in [3.05, 3.63) is 0 Å². The van der Waals surface area contributed by atoms with Crippen LogP contribution in [0.1, 0.15) is 13.8 Å². The van der Waals surface area contributed by atoms with Gasteiger partial charge in [-0.1, -0.05) is 0 Å². The number of carbonyl (C=O) groups excluding carboxylic acids is 1. The van der Waals surface area contributed by atoms with Crippen LogP contribution >= 0.6 is 24.2 Å². The molecule has 2 heterocycles. The first kappa shape index (κ1) is 15.1. The van der Waals surface area contributed by atoms with Gasteiger partial charge in [0.2, 0.25) is 0 Å². The number of hydrogen-bond donors (Lipinski definition) is 1. The number of amides is 1. The van der Waals surface area contributed by atoms with E-state index in [9.17, 15) is 4.79 Å². The van der Waals surface area contributed by atoms with Crippen LogP contribution in [-0.4, -0.2) is 60.2 Å². The van der Waals surface area contributed by atoms with E-state index in [1.54, 1.807) is 0 Å². The van der Waals surface area contributed by atoms with Crippen LogP contribution in [-0.2, 0) is 9.53 Å². The van der Waals surface area contributed by atoms with Crippen molar-refractivity contribution in [2.75, 3.05) is 38.5 Å². The maximum Gasteiger partial charge on any atom is 0.253 e. The van der Waals surface area contributed by atoms with Crippen LogP contribution in [0.15, 0.2) is 0 Å². The van der Waals surface area contributed by atoms with Gasteiger partial charge in [-0.2, -0.15) is 11.8 Å². The van der Waals surface area contributed by atoms with Crippen molar-refractivity contribution in [3.63, 3.8) is 0 Å². The Morgan fingerprint density at radius 2 is 2.29 bits per heavy atom. The van der Waals surface area contributed by atoms with Gasteiger partial charge in [0, 0.05) is 36.7 Å².